The monoisotopic (exact) mass is 206 g/mol. The second-order valence-corrected chi connectivity index (χ2v) is 4.58. The van der Waals surface area contributed by atoms with Crippen molar-refractivity contribution in [3.8, 4) is 0 Å². The van der Waals surface area contributed by atoms with Crippen LogP contribution in [-0.4, -0.2) is 6.29 Å². The molecule has 2 heteroatoms. The van der Waals surface area contributed by atoms with Gasteiger partial charge in [0.25, 0.3) is 0 Å². The molecule has 0 spiro atoms. The summed E-state index contributed by atoms with van der Waals surface area (Å²) in [6.45, 7) is 1.96. The minimum Gasteiger partial charge on any atom is -0.303 e. The van der Waals surface area contributed by atoms with Gasteiger partial charge in [0.15, 0.2) is 0 Å². The van der Waals surface area contributed by atoms with Crippen LogP contribution in [0.1, 0.15) is 30.4 Å². The van der Waals surface area contributed by atoms with E-state index in [4.69, 9.17) is 0 Å². The van der Waals surface area contributed by atoms with Gasteiger partial charge in [-0.2, -0.15) is 0 Å². The first-order valence-electron chi connectivity index (χ1n) is 5.37. The molecule has 2 rings (SSSR count). The Kier molecular flexibility index (Phi) is 2.59. The zero-order chi connectivity index (χ0) is 10.9. The van der Waals surface area contributed by atoms with Crippen LogP contribution in [0, 0.1) is 18.2 Å². The maximum atomic E-state index is 13.1. The summed E-state index contributed by atoms with van der Waals surface area (Å²) in [5.74, 6) is -0.212. The van der Waals surface area contributed by atoms with Crippen molar-refractivity contribution >= 4 is 6.29 Å². The van der Waals surface area contributed by atoms with Crippen LogP contribution in [0.25, 0.3) is 0 Å². The van der Waals surface area contributed by atoms with Crippen LogP contribution in [0.2, 0.25) is 0 Å². The van der Waals surface area contributed by atoms with Gasteiger partial charge in [0.05, 0.1) is 0 Å². The molecule has 0 heterocycles. The minimum atomic E-state index is -0.212. The highest BCUT2D eigenvalue weighted by molar-refractivity contribution is 5.62. The second-order valence-electron chi connectivity index (χ2n) is 4.58. The number of halogens is 1. The topological polar surface area (TPSA) is 17.1 Å². The molecule has 1 aliphatic rings. The minimum absolute atomic E-state index is 0.196. The summed E-state index contributed by atoms with van der Waals surface area (Å²) in [6.07, 6.45) is 4.77. The van der Waals surface area contributed by atoms with E-state index in [1.54, 1.807) is 12.1 Å². The lowest BCUT2D eigenvalue weighted by Gasteiger charge is -2.37. The Morgan fingerprint density at radius 1 is 1.47 bits per heavy atom. The Bertz CT molecular complexity index is 380. The van der Waals surface area contributed by atoms with Crippen LogP contribution in [0.15, 0.2) is 18.2 Å². The number of benzene rings is 1. The van der Waals surface area contributed by atoms with Crippen LogP contribution in [0.5, 0.6) is 0 Å². The van der Waals surface area contributed by atoms with E-state index in [9.17, 15) is 9.18 Å². The van der Waals surface area contributed by atoms with Crippen LogP contribution >= 0.6 is 0 Å². The molecule has 0 bridgehead atoms. The van der Waals surface area contributed by atoms with E-state index in [0.29, 0.717) is 6.42 Å². The maximum Gasteiger partial charge on any atom is 0.126 e. The largest absolute Gasteiger partial charge is 0.303 e. The summed E-state index contributed by atoms with van der Waals surface area (Å²) in [4.78, 5) is 11.0. The highest BCUT2D eigenvalue weighted by Gasteiger charge is 2.36. The first kappa shape index (κ1) is 10.3. The van der Waals surface area contributed by atoms with Crippen molar-refractivity contribution in [3.05, 3.63) is 35.1 Å². The van der Waals surface area contributed by atoms with Crippen molar-refractivity contribution in [3.63, 3.8) is 0 Å². The lowest BCUT2D eigenvalue weighted by atomic mass is 9.66. The van der Waals surface area contributed by atoms with E-state index in [-0.39, 0.29) is 11.2 Å². The molecule has 1 aromatic carbocycles. The molecular formula is C13H15FO. The molecule has 80 valence electrons. The highest BCUT2D eigenvalue weighted by atomic mass is 19.1. The van der Waals surface area contributed by atoms with E-state index >= 15 is 0 Å². The van der Waals surface area contributed by atoms with Crippen LogP contribution in [0.4, 0.5) is 4.39 Å². The number of aldehydes is 1. The van der Waals surface area contributed by atoms with Crippen LogP contribution in [0.3, 0.4) is 0 Å². The van der Waals surface area contributed by atoms with Crippen LogP contribution in [-0.2, 0) is 11.2 Å². The van der Waals surface area contributed by atoms with Gasteiger partial charge < -0.3 is 4.79 Å². The summed E-state index contributed by atoms with van der Waals surface area (Å²) in [6, 6.07) is 4.80. The zero-order valence-corrected chi connectivity index (χ0v) is 8.92. The fourth-order valence-electron chi connectivity index (χ4n) is 2.18. The first-order valence-corrected chi connectivity index (χ1v) is 5.37. The molecule has 0 aromatic heterocycles. The number of hydrogen-bond acceptors (Lipinski definition) is 1. The van der Waals surface area contributed by atoms with Gasteiger partial charge in [-0.1, -0.05) is 12.5 Å². The van der Waals surface area contributed by atoms with Gasteiger partial charge in [0.1, 0.15) is 12.1 Å². The van der Waals surface area contributed by atoms with Gasteiger partial charge in [0, 0.05) is 5.41 Å². The second kappa shape index (κ2) is 3.76. The standard InChI is InChI=1S/C13H15FO/c1-10-3-4-12(14)7-11(10)8-13(9-15)5-2-6-13/h3-4,7,9H,2,5-6,8H2,1H3. The van der Waals surface area contributed by atoms with Crippen molar-refractivity contribution < 1.29 is 9.18 Å². The SMILES string of the molecule is Cc1ccc(F)cc1CC1(C=O)CCC1. The molecule has 0 unspecified atom stereocenters. The van der Waals surface area contributed by atoms with Crippen molar-refractivity contribution in [2.24, 2.45) is 5.41 Å². The molecule has 1 nitrogen and oxygen atoms in total. The van der Waals surface area contributed by atoms with Crippen molar-refractivity contribution in [2.75, 3.05) is 0 Å². The van der Waals surface area contributed by atoms with Gasteiger partial charge in [-0.3, -0.25) is 0 Å². The fourth-order valence-corrected chi connectivity index (χ4v) is 2.18. The van der Waals surface area contributed by atoms with E-state index in [0.717, 1.165) is 36.7 Å². The number of carbonyl (C=O) groups excluding carboxylic acids is 1. The summed E-state index contributed by atoms with van der Waals surface area (Å²) in [5, 5.41) is 0. The van der Waals surface area contributed by atoms with Gasteiger partial charge in [-0.05, 0) is 49.4 Å². The predicted molar refractivity (Wildman–Crippen MR) is 57.2 cm³/mol. The lowest BCUT2D eigenvalue weighted by molar-refractivity contribution is -0.120. The highest BCUT2D eigenvalue weighted by Crippen LogP contribution is 2.42. The molecule has 0 radical (unpaired) electrons. The molecule has 1 saturated carbocycles. The third-order valence-electron chi connectivity index (χ3n) is 3.45. The van der Waals surface area contributed by atoms with E-state index in [1.165, 1.54) is 6.07 Å². The molecular weight excluding hydrogens is 191 g/mol. The Labute approximate surface area is 89.3 Å². The molecule has 1 aromatic rings. The number of aryl methyl sites for hydroxylation is 1. The third-order valence-corrected chi connectivity index (χ3v) is 3.45. The average molecular weight is 206 g/mol. The van der Waals surface area contributed by atoms with Crippen molar-refractivity contribution in [2.45, 2.75) is 32.6 Å². The normalized spacial score (nSPS) is 18.3. The van der Waals surface area contributed by atoms with Gasteiger partial charge in [-0.25, -0.2) is 4.39 Å². The molecule has 1 fully saturated rings. The summed E-state index contributed by atoms with van der Waals surface area (Å²) in [5.41, 5.74) is 1.85. The van der Waals surface area contributed by atoms with Gasteiger partial charge >= 0.3 is 0 Å². The van der Waals surface area contributed by atoms with Crippen molar-refractivity contribution in [1.82, 2.24) is 0 Å². The Morgan fingerprint density at radius 3 is 2.73 bits per heavy atom. The molecule has 0 atom stereocenters. The Morgan fingerprint density at radius 2 is 2.20 bits per heavy atom. The number of carbonyl (C=O) groups is 1. The summed E-state index contributed by atoms with van der Waals surface area (Å²) in [7, 11) is 0. The molecule has 0 saturated heterocycles. The van der Waals surface area contributed by atoms with Gasteiger partial charge in [0.2, 0.25) is 0 Å². The molecule has 15 heavy (non-hydrogen) atoms. The van der Waals surface area contributed by atoms with E-state index in [2.05, 4.69) is 0 Å². The summed E-state index contributed by atoms with van der Waals surface area (Å²) >= 11 is 0. The predicted octanol–water partition coefficient (Wildman–Crippen LogP) is 3.05. The Hall–Kier alpha value is -1.18. The Balaban J connectivity index is 2.23. The quantitative estimate of drug-likeness (QED) is 0.695. The number of hydrogen-bond donors (Lipinski definition) is 0. The maximum absolute atomic E-state index is 13.1. The van der Waals surface area contributed by atoms with Gasteiger partial charge in [-0.15, -0.1) is 0 Å². The summed E-state index contributed by atoms with van der Waals surface area (Å²) < 4.78 is 13.1. The zero-order valence-electron chi connectivity index (χ0n) is 8.92. The van der Waals surface area contributed by atoms with Crippen molar-refractivity contribution in [1.29, 1.82) is 0 Å². The fraction of sp³-hybridized carbons (Fsp3) is 0.462. The average Bonchev–Trinajstić information content (AvgIpc) is 2.17. The first-order chi connectivity index (χ1) is 7.15. The van der Waals surface area contributed by atoms with Crippen LogP contribution < -0.4 is 0 Å². The van der Waals surface area contributed by atoms with E-state index in [1.807, 2.05) is 6.92 Å². The third kappa shape index (κ3) is 1.94. The smallest absolute Gasteiger partial charge is 0.126 e. The molecule has 0 N–H and O–H groups in total. The lowest BCUT2D eigenvalue weighted by Crippen LogP contribution is -2.33. The molecule has 0 amide bonds. The number of rotatable bonds is 3. The molecule has 0 aliphatic heterocycles. The van der Waals surface area contributed by atoms with E-state index < -0.39 is 0 Å². The molecule has 1 aliphatic carbocycles.